The number of amidine groups is 1. The molecule has 6 heteroatoms. The van der Waals surface area contributed by atoms with Crippen molar-refractivity contribution < 1.29 is 10.0 Å². The van der Waals surface area contributed by atoms with E-state index in [4.69, 9.17) is 10.9 Å². The van der Waals surface area contributed by atoms with E-state index in [1.165, 1.54) is 0 Å². The van der Waals surface area contributed by atoms with Gasteiger partial charge in [-0.15, -0.1) is 0 Å². The molecule has 0 rings (SSSR count). The van der Waals surface area contributed by atoms with Crippen LogP contribution >= 0.6 is 0 Å². The number of carbonyl (C=O) groups excluding carboxylic acids is 1. The second kappa shape index (κ2) is 8.74. The van der Waals surface area contributed by atoms with Crippen molar-refractivity contribution in [3.63, 3.8) is 0 Å². The molecule has 0 bridgehead atoms. The van der Waals surface area contributed by atoms with Crippen LogP contribution in [0.4, 0.5) is 0 Å². The predicted octanol–water partition coefficient (Wildman–Crippen LogP) is 0.463. The second-order valence-electron chi connectivity index (χ2n) is 4.56. The molecule has 106 valence electrons. The second-order valence-corrected chi connectivity index (χ2v) is 4.56. The molecule has 1 amide bonds. The van der Waals surface area contributed by atoms with Gasteiger partial charge in [-0.3, -0.25) is 4.79 Å². The number of carbonyl (C=O) groups is 1. The van der Waals surface area contributed by atoms with Crippen LogP contribution in [0.1, 0.15) is 27.7 Å². The Morgan fingerprint density at radius 1 is 1.39 bits per heavy atom. The summed E-state index contributed by atoms with van der Waals surface area (Å²) in [4.78, 5) is 14.2. The third kappa shape index (κ3) is 5.35. The highest BCUT2D eigenvalue weighted by Gasteiger charge is 2.26. The summed E-state index contributed by atoms with van der Waals surface area (Å²) in [6.45, 7) is 11.2. The molecule has 0 heterocycles. The predicted molar refractivity (Wildman–Crippen MR) is 72.5 cm³/mol. The number of nitrogens with one attached hydrogen (secondary N) is 1. The van der Waals surface area contributed by atoms with Crippen LogP contribution in [0.25, 0.3) is 0 Å². The molecule has 4 N–H and O–H groups in total. The van der Waals surface area contributed by atoms with Crippen molar-refractivity contribution in [1.82, 2.24) is 10.2 Å². The molecule has 0 saturated heterocycles. The Morgan fingerprint density at radius 2 is 1.94 bits per heavy atom. The summed E-state index contributed by atoms with van der Waals surface area (Å²) in [6, 6.07) is 0. The first-order valence-electron chi connectivity index (χ1n) is 6.45. The third-order valence-electron chi connectivity index (χ3n) is 3.00. The number of hydrogen-bond acceptors (Lipinski definition) is 4. The monoisotopic (exact) mass is 258 g/mol. The van der Waals surface area contributed by atoms with Gasteiger partial charge in [0.15, 0.2) is 5.84 Å². The molecule has 1 unspecified atom stereocenters. The molecule has 0 aromatic carbocycles. The lowest BCUT2D eigenvalue weighted by Crippen LogP contribution is -2.44. The SMILES string of the molecule is CCN(CC)CCNC(=O)C(/C(N)=N/O)C(C)C. The highest BCUT2D eigenvalue weighted by molar-refractivity contribution is 6.02. The molecule has 0 radical (unpaired) electrons. The van der Waals surface area contributed by atoms with Crippen LogP contribution in [0.2, 0.25) is 0 Å². The van der Waals surface area contributed by atoms with E-state index in [0.717, 1.165) is 19.6 Å². The van der Waals surface area contributed by atoms with Crippen LogP contribution < -0.4 is 11.1 Å². The van der Waals surface area contributed by atoms with Crippen molar-refractivity contribution >= 4 is 11.7 Å². The van der Waals surface area contributed by atoms with Gasteiger partial charge in [0.1, 0.15) is 5.92 Å². The molecule has 0 saturated carbocycles. The summed E-state index contributed by atoms with van der Waals surface area (Å²) >= 11 is 0. The first-order chi connectivity index (χ1) is 8.47. The number of nitrogens with two attached hydrogens (primary N) is 1. The molecule has 6 nitrogen and oxygen atoms in total. The number of rotatable bonds is 8. The lowest BCUT2D eigenvalue weighted by atomic mass is 9.94. The van der Waals surface area contributed by atoms with E-state index in [9.17, 15) is 4.79 Å². The van der Waals surface area contributed by atoms with Gasteiger partial charge in [-0.1, -0.05) is 32.9 Å². The van der Waals surface area contributed by atoms with Gasteiger partial charge in [-0.2, -0.15) is 0 Å². The summed E-state index contributed by atoms with van der Waals surface area (Å²) in [5.74, 6) is -0.807. The van der Waals surface area contributed by atoms with E-state index in [2.05, 4.69) is 29.2 Å². The van der Waals surface area contributed by atoms with E-state index in [0.29, 0.717) is 6.54 Å². The maximum atomic E-state index is 11.9. The minimum Gasteiger partial charge on any atom is -0.409 e. The first-order valence-corrected chi connectivity index (χ1v) is 6.45. The van der Waals surface area contributed by atoms with Gasteiger partial charge < -0.3 is 21.2 Å². The van der Waals surface area contributed by atoms with Crippen molar-refractivity contribution in [2.45, 2.75) is 27.7 Å². The molecule has 0 spiro atoms. The van der Waals surface area contributed by atoms with Crippen LogP contribution in [0.3, 0.4) is 0 Å². The Kier molecular flexibility index (Phi) is 8.11. The maximum absolute atomic E-state index is 11.9. The van der Waals surface area contributed by atoms with Crippen LogP contribution in [0, 0.1) is 11.8 Å². The van der Waals surface area contributed by atoms with Crippen molar-refractivity contribution in [2.75, 3.05) is 26.2 Å². The van der Waals surface area contributed by atoms with Crippen LogP contribution in [0.5, 0.6) is 0 Å². The number of hydrogen-bond donors (Lipinski definition) is 3. The average molecular weight is 258 g/mol. The lowest BCUT2D eigenvalue weighted by molar-refractivity contribution is -0.124. The molecular weight excluding hydrogens is 232 g/mol. The molecular formula is C12H26N4O2. The van der Waals surface area contributed by atoms with Crippen LogP contribution in [0.15, 0.2) is 5.16 Å². The maximum Gasteiger partial charge on any atom is 0.231 e. The fourth-order valence-electron chi connectivity index (χ4n) is 1.83. The van der Waals surface area contributed by atoms with Crippen molar-refractivity contribution in [3.8, 4) is 0 Å². The normalized spacial score (nSPS) is 14.0. The summed E-state index contributed by atoms with van der Waals surface area (Å²) in [5.41, 5.74) is 5.53. The van der Waals surface area contributed by atoms with Crippen molar-refractivity contribution in [3.05, 3.63) is 0 Å². The molecule has 0 aromatic heterocycles. The quantitative estimate of drug-likeness (QED) is 0.255. The molecule has 18 heavy (non-hydrogen) atoms. The highest BCUT2D eigenvalue weighted by atomic mass is 16.4. The minimum atomic E-state index is -0.577. The van der Waals surface area contributed by atoms with Gasteiger partial charge in [0.2, 0.25) is 5.91 Å². The molecule has 0 aliphatic heterocycles. The number of amides is 1. The van der Waals surface area contributed by atoms with Gasteiger partial charge >= 0.3 is 0 Å². The summed E-state index contributed by atoms with van der Waals surface area (Å²) in [5, 5.41) is 14.4. The Hall–Kier alpha value is -1.30. The van der Waals surface area contributed by atoms with Crippen molar-refractivity contribution in [2.24, 2.45) is 22.7 Å². The molecule has 0 aliphatic carbocycles. The van der Waals surface area contributed by atoms with E-state index >= 15 is 0 Å². The zero-order valence-electron chi connectivity index (χ0n) is 11.8. The van der Waals surface area contributed by atoms with Gasteiger partial charge in [0, 0.05) is 13.1 Å². The summed E-state index contributed by atoms with van der Waals surface area (Å²) in [7, 11) is 0. The summed E-state index contributed by atoms with van der Waals surface area (Å²) in [6.07, 6.45) is 0. The zero-order chi connectivity index (χ0) is 14.1. The molecule has 0 fully saturated rings. The first kappa shape index (κ1) is 16.7. The smallest absolute Gasteiger partial charge is 0.231 e. The summed E-state index contributed by atoms with van der Waals surface area (Å²) < 4.78 is 0. The fraction of sp³-hybridized carbons (Fsp3) is 0.833. The van der Waals surface area contributed by atoms with E-state index < -0.39 is 5.92 Å². The molecule has 0 aliphatic rings. The number of oxime groups is 1. The van der Waals surface area contributed by atoms with E-state index in [1.54, 1.807) is 0 Å². The zero-order valence-corrected chi connectivity index (χ0v) is 11.8. The van der Waals surface area contributed by atoms with Crippen LogP contribution in [-0.4, -0.2) is 48.0 Å². The fourth-order valence-corrected chi connectivity index (χ4v) is 1.83. The number of nitrogens with zero attached hydrogens (tertiary/aromatic N) is 2. The van der Waals surface area contributed by atoms with Crippen molar-refractivity contribution in [1.29, 1.82) is 0 Å². The standard InChI is InChI=1S/C12H26N4O2/c1-5-16(6-2)8-7-14-12(17)10(9(3)4)11(13)15-18/h9-10,18H,5-8H2,1-4H3,(H2,13,15)(H,14,17). The highest BCUT2D eigenvalue weighted by Crippen LogP contribution is 2.11. The van der Waals surface area contributed by atoms with E-state index in [1.807, 2.05) is 13.8 Å². The minimum absolute atomic E-state index is 0.00523. The van der Waals surface area contributed by atoms with Gasteiger partial charge in [-0.05, 0) is 19.0 Å². The largest absolute Gasteiger partial charge is 0.409 e. The number of likely N-dealkylation sites (N-methyl/N-ethyl adjacent to an activating group) is 1. The lowest BCUT2D eigenvalue weighted by Gasteiger charge is -2.21. The Balaban J connectivity index is 4.28. The topological polar surface area (TPSA) is 91.0 Å². The van der Waals surface area contributed by atoms with Gasteiger partial charge in [-0.25, -0.2) is 0 Å². The Labute approximate surface area is 109 Å². The molecule has 0 aromatic rings. The van der Waals surface area contributed by atoms with E-state index in [-0.39, 0.29) is 17.7 Å². The Bertz CT molecular complexity index is 275. The average Bonchev–Trinajstić information content (AvgIpc) is 2.34. The Morgan fingerprint density at radius 3 is 2.33 bits per heavy atom. The van der Waals surface area contributed by atoms with Gasteiger partial charge in [0.25, 0.3) is 0 Å². The molecule has 1 atom stereocenters. The van der Waals surface area contributed by atoms with Gasteiger partial charge in [0.05, 0.1) is 0 Å². The van der Waals surface area contributed by atoms with Crippen LogP contribution in [-0.2, 0) is 4.79 Å². The third-order valence-corrected chi connectivity index (χ3v) is 3.00.